The summed E-state index contributed by atoms with van der Waals surface area (Å²) in [6.07, 6.45) is 1.12. The lowest BCUT2D eigenvalue weighted by atomic mass is 10.3. The van der Waals surface area contributed by atoms with Gasteiger partial charge in [-0.3, -0.25) is 0 Å². The Kier molecular flexibility index (Phi) is 4.72. The Labute approximate surface area is 113 Å². The molecule has 0 spiro atoms. The molecule has 0 amide bonds. The van der Waals surface area contributed by atoms with Gasteiger partial charge in [0.15, 0.2) is 0 Å². The molecule has 1 saturated heterocycles. The number of aryl methyl sites for hydroxylation is 2. The van der Waals surface area contributed by atoms with Crippen LogP contribution in [0.1, 0.15) is 17.8 Å². The van der Waals surface area contributed by atoms with Gasteiger partial charge in [-0.25, -0.2) is 4.98 Å². The van der Waals surface area contributed by atoms with E-state index in [9.17, 15) is 0 Å². The lowest BCUT2D eigenvalue weighted by Crippen LogP contribution is -2.32. The first-order valence-corrected chi connectivity index (χ1v) is 6.95. The van der Waals surface area contributed by atoms with Crippen LogP contribution in [-0.4, -0.2) is 58.7 Å². The maximum Gasteiger partial charge on any atom is 0.245 e. The summed E-state index contributed by atoms with van der Waals surface area (Å²) in [6.45, 7) is 8.92. The molecule has 0 radical (unpaired) electrons. The van der Waals surface area contributed by atoms with Gasteiger partial charge >= 0.3 is 0 Å². The third-order valence-corrected chi connectivity index (χ3v) is 3.52. The number of rotatable bonds is 3. The van der Waals surface area contributed by atoms with E-state index in [4.69, 9.17) is 11.6 Å². The first-order chi connectivity index (χ1) is 8.70. The molecule has 0 saturated carbocycles. The topological polar surface area (TPSA) is 45.2 Å². The van der Waals surface area contributed by atoms with Gasteiger partial charge in [-0.1, -0.05) is 0 Å². The van der Waals surface area contributed by atoms with Crippen molar-refractivity contribution in [3.8, 4) is 0 Å². The summed E-state index contributed by atoms with van der Waals surface area (Å²) >= 11 is 5.79. The van der Waals surface area contributed by atoms with Crippen LogP contribution in [0.15, 0.2) is 0 Å². The standard InChI is InChI=1S/C12H20ClN5/c1-10-11(2)15-16-12(14-10)18-6-3-5-17(7-4-13)8-9-18/h3-9H2,1-2H3. The number of hydrogen-bond acceptors (Lipinski definition) is 5. The van der Waals surface area contributed by atoms with Crippen molar-refractivity contribution < 1.29 is 0 Å². The molecule has 0 aromatic carbocycles. The van der Waals surface area contributed by atoms with Gasteiger partial charge in [0.25, 0.3) is 0 Å². The molecule has 1 aliphatic heterocycles. The zero-order chi connectivity index (χ0) is 13.0. The largest absolute Gasteiger partial charge is 0.338 e. The molecule has 2 heterocycles. The smallest absolute Gasteiger partial charge is 0.245 e. The molecule has 0 bridgehead atoms. The SMILES string of the molecule is Cc1nnc(N2CCCN(CCCl)CC2)nc1C. The number of anilines is 1. The highest BCUT2D eigenvalue weighted by molar-refractivity contribution is 6.18. The fourth-order valence-electron chi connectivity index (χ4n) is 2.09. The third-order valence-electron chi connectivity index (χ3n) is 3.35. The molecular weight excluding hydrogens is 250 g/mol. The van der Waals surface area contributed by atoms with Gasteiger partial charge in [0, 0.05) is 32.1 Å². The Hall–Kier alpha value is -0.940. The summed E-state index contributed by atoms with van der Waals surface area (Å²) in [4.78, 5) is 9.12. The van der Waals surface area contributed by atoms with Gasteiger partial charge in [0.2, 0.25) is 5.95 Å². The summed E-state index contributed by atoms with van der Waals surface area (Å²) in [5, 5.41) is 8.35. The lowest BCUT2D eigenvalue weighted by molar-refractivity contribution is 0.311. The second-order valence-corrected chi connectivity index (χ2v) is 5.03. The molecule has 0 atom stereocenters. The maximum absolute atomic E-state index is 5.79. The van der Waals surface area contributed by atoms with Crippen molar-refractivity contribution in [2.45, 2.75) is 20.3 Å². The van der Waals surface area contributed by atoms with E-state index >= 15 is 0 Å². The maximum atomic E-state index is 5.79. The van der Waals surface area contributed by atoms with Crippen LogP contribution in [-0.2, 0) is 0 Å². The average Bonchev–Trinajstić information content (AvgIpc) is 2.59. The van der Waals surface area contributed by atoms with Gasteiger partial charge in [-0.15, -0.1) is 16.7 Å². The summed E-state index contributed by atoms with van der Waals surface area (Å²) < 4.78 is 0. The molecule has 0 aliphatic carbocycles. The molecule has 2 rings (SSSR count). The Balaban J connectivity index is 2.02. The fraction of sp³-hybridized carbons (Fsp3) is 0.750. The van der Waals surface area contributed by atoms with Gasteiger partial charge in [0.05, 0.1) is 11.4 Å². The van der Waals surface area contributed by atoms with E-state index in [0.717, 1.165) is 56.5 Å². The van der Waals surface area contributed by atoms with E-state index in [-0.39, 0.29) is 0 Å². The number of nitrogens with zero attached hydrogens (tertiary/aromatic N) is 5. The van der Waals surface area contributed by atoms with E-state index in [0.29, 0.717) is 5.88 Å². The normalized spacial score (nSPS) is 17.8. The Bertz CT molecular complexity index is 398. The highest BCUT2D eigenvalue weighted by Gasteiger charge is 2.17. The van der Waals surface area contributed by atoms with E-state index in [2.05, 4.69) is 25.0 Å². The molecule has 6 heteroatoms. The van der Waals surface area contributed by atoms with Crippen LogP contribution in [0.25, 0.3) is 0 Å². The first-order valence-electron chi connectivity index (χ1n) is 6.42. The Morgan fingerprint density at radius 3 is 2.61 bits per heavy atom. The van der Waals surface area contributed by atoms with Crippen LogP contribution in [0.4, 0.5) is 5.95 Å². The van der Waals surface area contributed by atoms with Crippen molar-refractivity contribution in [3.63, 3.8) is 0 Å². The minimum atomic E-state index is 0.696. The zero-order valence-corrected chi connectivity index (χ0v) is 11.8. The van der Waals surface area contributed by atoms with E-state index in [1.165, 1.54) is 0 Å². The molecule has 1 aromatic rings. The highest BCUT2D eigenvalue weighted by atomic mass is 35.5. The summed E-state index contributed by atoms with van der Waals surface area (Å²) in [5.74, 6) is 1.45. The Morgan fingerprint density at radius 2 is 1.89 bits per heavy atom. The minimum absolute atomic E-state index is 0.696. The molecule has 5 nitrogen and oxygen atoms in total. The number of halogens is 1. The Morgan fingerprint density at radius 1 is 1.06 bits per heavy atom. The van der Waals surface area contributed by atoms with Crippen LogP contribution in [0.2, 0.25) is 0 Å². The zero-order valence-electron chi connectivity index (χ0n) is 11.1. The van der Waals surface area contributed by atoms with Gasteiger partial charge in [0.1, 0.15) is 0 Å². The van der Waals surface area contributed by atoms with Crippen LogP contribution in [0.3, 0.4) is 0 Å². The predicted octanol–water partition coefficient (Wildman–Crippen LogP) is 1.24. The van der Waals surface area contributed by atoms with E-state index < -0.39 is 0 Å². The molecule has 1 aliphatic rings. The molecule has 1 aromatic heterocycles. The molecule has 1 fully saturated rings. The molecule has 0 unspecified atom stereocenters. The minimum Gasteiger partial charge on any atom is -0.338 e. The van der Waals surface area contributed by atoms with Crippen LogP contribution >= 0.6 is 11.6 Å². The first kappa shape index (κ1) is 13.5. The van der Waals surface area contributed by atoms with Crippen molar-refractivity contribution in [3.05, 3.63) is 11.4 Å². The van der Waals surface area contributed by atoms with E-state index in [1.54, 1.807) is 0 Å². The third kappa shape index (κ3) is 3.29. The second-order valence-electron chi connectivity index (χ2n) is 4.65. The van der Waals surface area contributed by atoms with Crippen LogP contribution < -0.4 is 4.90 Å². The molecule has 18 heavy (non-hydrogen) atoms. The van der Waals surface area contributed by atoms with Crippen LogP contribution in [0, 0.1) is 13.8 Å². The van der Waals surface area contributed by atoms with Gasteiger partial charge < -0.3 is 9.80 Å². The van der Waals surface area contributed by atoms with Crippen LogP contribution in [0.5, 0.6) is 0 Å². The number of aromatic nitrogens is 3. The second kappa shape index (κ2) is 6.29. The van der Waals surface area contributed by atoms with Crippen molar-refractivity contribution >= 4 is 17.5 Å². The van der Waals surface area contributed by atoms with E-state index in [1.807, 2.05) is 13.8 Å². The molecular formula is C12H20ClN5. The fourth-order valence-corrected chi connectivity index (χ4v) is 2.33. The molecule has 100 valence electrons. The predicted molar refractivity (Wildman–Crippen MR) is 73.3 cm³/mol. The summed E-state index contributed by atoms with van der Waals surface area (Å²) in [5.41, 5.74) is 1.86. The van der Waals surface area contributed by atoms with Crippen molar-refractivity contribution in [2.75, 3.05) is 43.5 Å². The summed E-state index contributed by atoms with van der Waals surface area (Å²) in [7, 11) is 0. The quantitative estimate of drug-likeness (QED) is 0.773. The monoisotopic (exact) mass is 269 g/mol. The highest BCUT2D eigenvalue weighted by Crippen LogP contribution is 2.11. The number of alkyl halides is 1. The summed E-state index contributed by atoms with van der Waals surface area (Å²) in [6, 6.07) is 0. The van der Waals surface area contributed by atoms with Crippen molar-refractivity contribution in [1.29, 1.82) is 0 Å². The van der Waals surface area contributed by atoms with Gasteiger partial charge in [-0.05, 0) is 26.8 Å². The van der Waals surface area contributed by atoms with Crippen molar-refractivity contribution in [1.82, 2.24) is 20.1 Å². The molecule has 0 N–H and O–H groups in total. The number of hydrogen-bond donors (Lipinski definition) is 0. The van der Waals surface area contributed by atoms with Crippen molar-refractivity contribution in [2.24, 2.45) is 0 Å². The average molecular weight is 270 g/mol. The van der Waals surface area contributed by atoms with Gasteiger partial charge in [-0.2, -0.15) is 5.10 Å². The lowest BCUT2D eigenvalue weighted by Gasteiger charge is -2.21.